The number of nitrogens with two attached hydrogens (primary N) is 1. The van der Waals surface area contributed by atoms with Crippen LogP contribution in [0, 0.1) is 11.8 Å². The Labute approximate surface area is 100 Å². The number of hydrogen-bond acceptors (Lipinski definition) is 3. The summed E-state index contributed by atoms with van der Waals surface area (Å²) in [4.78, 5) is 4.63. The Bertz CT molecular complexity index is 575. The van der Waals surface area contributed by atoms with Crippen LogP contribution in [-0.2, 0) is 0 Å². The van der Waals surface area contributed by atoms with Crippen LogP contribution in [0.1, 0.15) is 37.5 Å². The lowest BCUT2D eigenvalue weighted by Crippen LogP contribution is -2.08. The first-order valence-corrected chi connectivity index (χ1v) is 6.45. The lowest BCUT2D eigenvalue weighted by molar-refractivity contribution is 0.354. The monoisotopic (exact) mass is 228 g/mol. The Morgan fingerprint density at radius 2 is 2.18 bits per heavy atom. The van der Waals surface area contributed by atoms with Crippen molar-refractivity contribution in [2.24, 2.45) is 11.8 Å². The van der Waals surface area contributed by atoms with E-state index in [1.807, 2.05) is 18.2 Å². The van der Waals surface area contributed by atoms with Crippen LogP contribution in [0.4, 0.5) is 5.69 Å². The zero-order valence-corrected chi connectivity index (χ0v) is 9.73. The van der Waals surface area contributed by atoms with E-state index in [1.165, 1.54) is 25.7 Å². The average molecular weight is 228 g/mol. The van der Waals surface area contributed by atoms with Crippen LogP contribution in [0.3, 0.4) is 0 Å². The van der Waals surface area contributed by atoms with Crippen molar-refractivity contribution in [3.63, 3.8) is 0 Å². The molecule has 88 valence electrons. The molecule has 4 rings (SSSR count). The van der Waals surface area contributed by atoms with Crippen LogP contribution < -0.4 is 5.73 Å². The molecular formula is C14H16N2O. The summed E-state index contributed by atoms with van der Waals surface area (Å²) < 4.78 is 5.89. The highest BCUT2D eigenvalue weighted by Crippen LogP contribution is 2.52. The van der Waals surface area contributed by atoms with Gasteiger partial charge in [0.1, 0.15) is 5.52 Å². The van der Waals surface area contributed by atoms with Gasteiger partial charge in [-0.05, 0) is 49.3 Å². The minimum absolute atomic E-state index is 0.558. The zero-order chi connectivity index (χ0) is 11.4. The molecule has 2 bridgehead atoms. The third kappa shape index (κ3) is 1.38. The van der Waals surface area contributed by atoms with Gasteiger partial charge in [-0.15, -0.1) is 0 Å². The third-order valence-corrected chi connectivity index (χ3v) is 4.48. The van der Waals surface area contributed by atoms with Crippen LogP contribution in [-0.4, -0.2) is 4.98 Å². The summed E-state index contributed by atoms with van der Waals surface area (Å²) in [7, 11) is 0. The maximum Gasteiger partial charge on any atom is 0.198 e. The van der Waals surface area contributed by atoms with Crippen molar-refractivity contribution in [3.05, 3.63) is 24.1 Å². The van der Waals surface area contributed by atoms with E-state index < -0.39 is 0 Å². The van der Waals surface area contributed by atoms with Gasteiger partial charge in [-0.2, -0.15) is 0 Å². The molecule has 1 aromatic heterocycles. The number of oxazole rings is 1. The molecule has 3 heteroatoms. The fraction of sp³-hybridized carbons (Fsp3) is 0.500. The largest absolute Gasteiger partial charge is 0.440 e. The summed E-state index contributed by atoms with van der Waals surface area (Å²) in [6, 6.07) is 5.70. The molecule has 2 aliphatic carbocycles. The van der Waals surface area contributed by atoms with Crippen LogP contribution in [0.15, 0.2) is 22.6 Å². The van der Waals surface area contributed by atoms with Gasteiger partial charge in [0.2, 0.25) is 0 Å². The number of hydrogen-bond donors (Lipinski definition) is 1. The number of aromatic nitrogens is 1. The maximum atomic E-state index is 5.89. The summed E-state index contributed by atoms with van der Waals surface area (Å²) in [6.07, 6.45) is 5.42. The van der Waals surface area contributed by atoms with Crippen molar-refractivity contribution in [2.75, 3.05) is 5.73 Å². The number of fused-ring (bicyclic) bond motifs is 3. The molecule has 2 saturated carbocycles. The van der Waals surface area contributed by atoms with Crippen LogP contribution in [0.5, 0.6) is 0 Å². The van der Waals surface area contributed by atoms with E-state index >= 15 is 0 Å². The van der Waals surface area contributed by atoms with Gasteiger partial charge in [0.25, 0.3) is 0 Å². The summed E-state index contributed by atoms with van der Waals surface area (Å²) in [6.45, 7) is 0. The van der Waals surface area contributed by atoms with Gasteiger partial charge < -0.3 is 10.2 Å². The Balaban J connectivity index is 1.76. The van der Waals surface area contributed by atoms with E-state index in [-0.39, 0.29) is 0 Å². The molecule has 2 N–H and O–H groups in total. The molecule has 0 radical (unpaired) electrons. The third-order valence-electron chi connectivity index (χ3n) is 4.48. The smallest absolute Gasteiger partial charge is 0.198 e. The molecule has 1 aromatic carbocycles. The van der Waals surface area contributed by atoms with Gasteiger partial charge >= 0.3 is 0 Å². The molecule has 0 saturated heterocycles. The Morgan fingerprint density at radius 1 is 1.24 bits per heavy atom. The van der Waals surface area contributed by atoms with Crippen molar-refractivity contribution in [3.8, 4) is 0 Å². The van der Waals surface area contributed by atoms with Crippen molar-refractivity contribution in [1.29, 1.82) is 0 Å². The molecule has 0 amide bonds. The molecule has 3 atom stereocenters. The predicted octanol–water partition coefficient (Wildman–Crippen LogP) is 3.31. The summed E-state index contributed by atoms with van der Waals surface area (Å²) in [5.74, 6) is 3.23. The minimum atomic E-state index is 0.558. The van der Waals surface area contributed by atoms with Gasteiger partial charge in [-0.3, -0.25) is 0 Å². The fourth-order valence-corrected chi connectivity index (χ4v) is 3.67. The quantitative estimate of drug-likeness (QED) is 0.762. The molecular weight excluding hydrogens is 212 g/mol. The second-order valence-electron chi connectivity index (χ2n) is 5.56. The first-order valence-electron chi connectivity index (χ1n) is 6.45. The Hall–Kier alpha value is -1.51. The summed E-state index contributed by atoms with van der Waals surface area (Å²) in [5.41, 5.74) is 8.30. The maximum absolute atomic E-state index is 5.89. The molecule has 2 aliphatic rings. The van der Waals surface area contributed by atoms with E-state index in [1.54, 1.807) is 0 Å². The van der Waals surface area contributed by atoms with E-state index in [9.17, 15) is 0 Å². The van der Waals surface area contributed by atoms with E-state index in [0.29, 0.717) is 5.92 Å². The van der Waals surface area contributed by atoms with E-state index in [0.717, 1.165) is 34.5 Å². The number of benzene rings is 1. The standard InChI is InChI=1S/C14H16N2O/c15-10-3-4-13-12(7-10)16-14(17-13)11-6-8-1-2-9(11)5-8/h3-4,7-9,11H,1-2,5-6,15H2. The Morgan fingerprint density at radius 3 is 2.94 bits per heavy atom. The summed E-state index contributed by atoms with van der Waals surface area (Å²) in [5, 5.41) is 0. The lowest BCUT2D eigenvalue weighted by Gasteiger charge is -2.17. The zero-order valence-electron chi connectivity index (χ0n) is 9.73. The molecule has 3 nitrogen and oxygen atoms in total. The molecule has 2 fully saturated rings. The number of rotatable bonds is 1. The lowest BCUT2D eigenvalue weighted by atomic mass is 9.89. The van der Waals surface area contributed by atoms with Crippen LogP contribution >= 0.6 is 0 Å². The molecule has 17 heavy (non-hydrogen) atoms. The van der Waals surface area contributed by atoms with Gasteiger partial charge in [0, 0.05) is 11.6 Å². The molecule has 0 aliphatic heterocycles. The molecule has 1 heterocycles. The molecule has 3 unspecified atom stereocenters. The minimum Gasteiger partial charge on any atom is -0.440 e. The second kappa shape index (κ2) is 3.25. The highest BCUT2D eigenvalue weighted by Gasteiger charge is 2.42. The number of anilines is 1. The first kappa shape index (κ1) is 9.51. The second-order valence-corrected chi connectivity index (χ2v) is 5.56. The van der Waals surface area contributed by atoms with Gasteiger partial charge in [-0.25, -0.2) is 4.98 Å². The topological polar surface area (TPSA) is 52.0 Å². The van der Waals surface area contributed by atoms with Crippen molar-refractivity contribution in [1.82, 2.24) is 4.98 Å². The number of nitrogen functional groups attached to an aromatic ring is 1. The molecule has 0 spiro atoms. The van der Waals surface area contributed by atoms with Crippen molar-refractivity contribution in [2.45, 2.75) is 31.6 Å². The normalized spacial score (nSPS) is 31.4. The Kier molecular flexibility index (Phi) is 1.82. The van der Waals surface area contributed by atoms with E-state index in [4.69, 9.17) is 10.2 Å². The first-order chi connectivity index (χ1) is 8.29. The fourth-order valence-electron chi connectivity index (χ4n) is 3.67. The highest BCUT2D eigenvalue weighted by atomic mass is 16.3. The average Bonchev–Trinajstić information content (AvgIpc) is 3.01. The van der Waals surface area contributed by atoms with Gasteiger partial charge in [-0.1, -0.05) is 6.42 Å². The summed E-state index contributed by atoms with van der Waals surface area (Å²) >= 11 is 0. The van der Waals surface area contributed by atoms with Crippen molar-refractivity contribution < 1.29 is 4.42 Å². The SMILES string of the molecule is Nc1ccc2oc(C3CC4CCC3C4)nc2c1. The van der Waals surface area contributed by atoms with E-state index in [2.05, 4.69) is 4.98 Å². The number of nitrogens with zero attached hydrogens (tertiary/aromatic N) is 1. The van der Waals surface area contributed by atoms with Crippen molar-refractivity contribution >= 4 is 16.8 Å². The van der Waals surface area contributed by atoms with Crippen LogP contribution in [0.2, 0.25) is 0 Å². The predicted molar refractivity (Wildman–Crippen MR) is 66.6 cm³/mol. The van der Waals surface area contributed by atoms with Crippen LogP contribution in [0.25, 0.3) is 11.1 Å². The molecule has 2 aromatic rings. The highest BCUT2D eigenvalue weighted by molar-refractivity contribution is 5.76. The van der Waals surface area contributed by atoms with Gasteiger partial charge in [0.15, 0.2) is 11.5 Å². The van der Waals surface area contributed by atoms with Gasteiger partial charge in [0.05, 0.1) is 0 Å².